The number of halogens is 1. The largest absolute Gasteiger partial charge is 0.372 e. The molecule has 0 spiro atoms. The molecule has 0 atom stereocenters. The zero-order valence-corrected chi connectivity index (χ0v) is 15.0. The van der Waals surface area contributed by atoms with Gasteiger partial charge in [-0.15, -0.1) is 0 Å². The number of nitrogens with zero attached hydrogens (tertiary/aromatic N) is 3. The summed E-state index contributed by atoms with van der Waals surface area (Å²) in [5, 5.41) is 4.20. The average molecular weight is 357 g/mol. The summed E-state index contributed by atoms with van der Waals surface area (Å²) in [7, 11) is 0. The van der Waals surface area contributed by atoms with Gasteiger partial charge in [-0.2, -0.15) is 5.10 Å². The molecular weight excluding hydrogens is 336 g/mol. The highest BCUT2D eigenvalue weighted by molar-refractivity contribution is 6.32. The Morgan fingerprint density at radius 3 is 2.80 bits per heavy atom. The maximum absolute atomic E-state index is 12.0. The summed E-state index contributed by atoms with van der Waals surface area (Å²) < 4.78 is 0. The number of rotatable bonds is 4. The maximum atomic E-state index is 12.0. The highest BCUT2D eigenvalue weighted by Gasteiger charge is 2.12. The molecule has 0 bridgehead atoms. The number of carbonyl (C=O) groups is 1. The standard InChI is InChI=1S/C19H21ClN4O/c1-14-12-16(24-10-3-2-4-11-24)8-7-15(14)13-22-23-19(25)17-6-5-9-21-18(17)20/h5-9,12-13H,2-4,10-11H2,1H3,(H,23,25). The number of aromatic nitrogens is 1. The van der Waals surface area contributed by atoms with E-state index in [4.69, 9.17) is 11.6 Å². The zero-order chi connectivity index (χ0) is 17.6. The van der Waals surface area contributed by atoms with Crippen LogP contribution in [0.3, 0.4) is 0 Å². The molecule has 5 nitrogen and oxygen atoms in total. The number of amides is 1. The van der Waals surface area contributed by atoms with E-state index in [2.05, 4.69) is 39.5 Å². The van der Waals surface area contributed by atoms with Gasteiger partial charge in [0.2, 0.25) is 0 Å². The van der Waals surface area contributed by atoms with Crippen LogP contribution in [0.15, 0.2) is 41.6 Å². The number of pyridine rings is 1. The van der Waals surface area contributed by atoms with E-state index in [1.807, 2.05) is 6.07 Å². The zero-order valence-electron chi connectivity index (χ0n) is 14.2. The molecule has 2 heterocycles. The van der Waals surface area contributed by atoms with Crippen LogP contribution in [-0.2, 0) is 0 Å². The third-order valence-corrected chi connectivity index (χ3v) is 4.65. The van der Waals surface area contributed by atoms with Crippen LogP contribution in [0.5, 0.6) is 0 Å². The highest BCUT2D eigenvalue weighted by atomic mass is 35.5. The van der Waals surface area contributed by atoms with Gasteiger partial charge in [0.1, 0.15) is 5.15 Å². The van der Waals surface area contributed by atoms with Gasteiger partial charge in [0.05, 0.1) is 11.8 Å². The van der Waals surface area contributed by atoms with Crippen LogP contribution in [0.4, 0.5) is 5.69 Å². The third-order valence-electron chi connectivity index (χ3n) is 4.35. The van der Waals surface area contributed by atoms with E-state index < -0.39 is 0 Å². The van der Waals surface area contributed by atoms with Gasteiger partial charge in [0.15, 0.2) is 0 Å². The lowest BCUT2D eigenvalue weighted by Crippen LogP contribution is -2.29. The van der Waals surface area contributed by atoms with Crippen molar-refractivity contribution >= 4 is 29.4 Å². The number of hydrogen-bond donors (Lipinski definition) is 1. The average Bonchev–Trinajstić information content (AvgIpc) is 2.64. The highest BCUT2D eigenvalue weighted by Crippen LogP contribution is 2.22. The molecule has 0 saturated carbocycles. The van der Waals surface area contributed by atoms with Crippen LogP contribution in [0, 0.1) is 6.92 Å². The minimum absolute atomic E-state index is 0.164. The van der Waals surface area contributed by atoms with E-state index in [1.54, 1.807) is 18.3 Å². The Morgan fingerprint density at radius 2 is 2.08 bits per heavy atom. The molecule has 0 aliphatic carbocycles. The van der Waals surface area contributed by atoms with Crippen molar-refractivity contribution < 1.29 is 4.79 Å². The van der Waals surface area contributed by atoms with E-state index in [0.717, 1.165) is 24.2 Å². The molecular formula is C19H21ClN4O. The van der Waals surface area contributed by atoms with Crippen LogP contribution in [0.2, 0.25) is 5.15 Å². The predicted molar refractivity (Wildman–Crippen MR) is 102 cm³/mol. The molecule has 3 rings (SSSR count). The van der Waals surface area contributed by atoms with E-state index in [0.29, 0.717) is 5.56 Å². The van der Waals surface area contributed by atoms with E-state index >= 15 is 0 Å². The minimum atomic E-state index is -0.378. The Kier molecular flexibility index (Phi) is 5.66. The Morgan fingerprint density at radius 1 is 1.28 bits per heavy atom. The Balaban J connectivity index is 1.65. The second-order valence-corrected chi connectivity index (χ2v) is 6.49. The van der Waals surface area contributed by atoms with Gasteiger partial charge in [-0.1, -0.05) is 17.7 Å². The first-order valence-electron chi connectivity index (χ1n) is 8.44. The van der Waals surface area contributed by atoms with Gasteiger partial charge in [0.25, 0.3) is 5.91 Å². The summed E-state index contributed by atoms with van der Waals surface area (Å²) >= 11 is 5.90. The molecule has 1 aromatic carbocycles. The number of carbonyl (C=O) groups excluding carboxylic acids is 1. The Labute approximate surface area is 152 Å². The lowest BCUT2D eigenvalue weighted by atomic mass is 10.1. The Hall–Kier alpha value is -2.40. The quantitative estimate of drug-likeness (QED) is 0.515. The van der Waals surface area contributed by atoms with Crippen LogP contribution in [-0.4, -0.2) is 30.2 Å². The van der Waals surface area contributed by atoms with Crippen LogP contribution < -0.4 is 10.3 Å². The molecule has 1 aromatic heterocycles. The number of hydrazone groups is 1. The monoisotopic (exact) mass is 356 g/mol. The number of nitrogens with one attached hydrogen (secondary N) is 1. The van der Waals surface area contributed by atoms with Crippen LogP contribution in [0.25, 0.3) is 0 Å². The number of aryl methyl sites for hydroxylation is 1. The number of piperidine rings is 1. The molecule has 0 unspecified atom stereocenters. The number of hydrogen-bond acceptors (Lipinski definition) is 4. The van der Waals surface area contributed by atoms with Gasteiger partial charge < -0.3 is 4.90 Å². The summed E-state index contributed by atoms with van der Waals surface area (Å²) in [4.78, 5) is 18.3. The lowest BCUT2D eigenvalue weighted by molar-refractivity contribution is 0.0955. The summed E-state index contributed by atoms with van der Waals surface area (Å²) in [6.07, 6.45) is 7.02. The molecule has 0 radical (unpaired) electrons. The molecule has 2 aromatic rings. The summed E-state index contributed by atoms with van der Waals surface area (Å²) in [6, 6.07) is 9.59. The summed E-state index contributed by atoms with van der Waals surface area (Å²) in [6.45, 7) is 4.29. The van der Waals surface area contributed by atoms with Crippen molar-refractivity contribution in [1.29, 1.82) is 0 Å². The van der Waals surface area contributed by atoms with Crippen molar-refractivity contribution in [2.24, 2.45) is 5.10 Å². The van der Waals surface area contributed by atoms with E-state index in [1.165, 1.54) is 31.1 Å². The molecule has 1 saturated heterocycles. The van der Waals surface area contributed by atoms with Crippen molar-refractivity contribution in [3.8, 4) is 0 Å². The van der Waals surface area contributed by atoms with Gasteiger partial charge in [-0.05, 0) is 61.6 Å². The van der Waals surface area contributed by atoms with E-state index in [9.17, 15) is 4.79 Å². The first-order valence-corrected chi connectivity index (χ1v) is 8.82. The predicted octanol–water partition coefficient (Wildman–Crippen LogP) is 3.80. The van der Waals surface area contributed by atoms with Crippen molar-refractivity contribution in [3.63, 3.8) is 0 Å². The third kappa shape index (κ3) is 4.37. The summed E-state index contributed by atoms with van der Waals surface area (Å²) in [5.41, 5.74) is 6.14. The van der Waals surface area contributed by atoms with Crippen molar-refractivity contribution in [2.45, 2.75) is 26.2 Å². The van der Waals surface area contributed by atoms with Crippen LogP contribution in [0.1, 0.15) is 40.7 Å². The molecule has 1 fully saturated rings. The molecule has 1 N–H and O–H groups in total. The lowest BCUT2D eigenvalue weighted by Gasteiger charge is -2.29. The minimum Gasteiger partial charge on any atom is -0.372 e. The number of benzene rings is 1. The smallest absolute Gasteiger partial charge is 0.274 e. The van der Waals surface area contributed by atoms with Crippen molar-refractivity contribution in [1.82, 2.24) is 10.4 Å². The topological polar surface area (TPSA) is 57.6 Å². The fourth-order valence-corrected chi connectivity index (χ4v) is 3.13. The molecule has 6 heteroatoms. The maximum Gasteiger partial charge on any atom is 0.274 e. The first kappa shape index (κ1) is 17.4. The molecule has 25 heavy (non-hydrogen) atoms. The van der Waals surface area contributed by atoms with Crippen LogP contribution >= 0.6 is 11.6 Å². The molecule has 1 aliphatic rings. The Bertz CT molecular complexity index is 785. The first-order chi connectivity index (χ1) is 12.1. The SMILES string of the molecule is Cc1cc(N2CCCCC2)ccc1C=NNC(=O)c1cccnc1Cl. The fraction of sp³-hybridized carbons (Fsp3) is 0.316. The van der Waals surface area contributed by atoms with Crippen molar-refractivity contribution in [2.75, 3.05) is 18.0 Å². The molecule has 1 aliphatic heterocycles. The number of anilines is 1. The summed E-state index contributed by atoms with van der Waals surface area (Å²) in [5.74, 6) is -0.378. The normalized spacial score (nSPS) is 14.7. The van der Waals surface area contributed by atoms with Gasteiger partial charge >= 0.3 is 0 Å². The second kappa shape index (κ2) is 8.12. The molecule has 1 amide bonds. The molecule has 130 valence electrons. The van der Waals surface area contributed by atoms with Gasteiger partial charge in [0, 0.05) is 25.0 Å². The van der Waals surface area contributed by atoms with Gasteiger partial charge in [-0.3, -0.25) is 4.79 Å². The second-order valence-electron chi connectivity index (χ2n) is 6.13. The fourth-order valence-electron chi connectivity index (χ4n) is 2.93. The van der Waals surface area contributed by atoms with Gasteiger partial charge in [-0.25, -0.2) is 10.4 Å². The van der Waals surface area contributed by atoms with Crippen molar-refractivity contribution in [3.05, 3.63) is 58.4 Å². The van der Waals surface area contributed by atoms with E-state index in [-0.39, 0.29) is 11.1 Å².